The molecule has 2 aromatic heterocycles. The molecule has 0 aliphatic rings. The number of aromatic nitrogens is 3. The zero-order valence-corrected chi connectivity index (χ0v) is 20.1. The minimum atomic E-state index is -0.163. The van der Waals surface area contributed by atoms with Gasteiger partial charge in [0.05, 0.1) is 19.9 Å². The molecule has 172 valence electrons. The Balaban J connectivity index is 1.61. The van der Waals surface area contributed by atoms with Gasteiger partial charge in [0.2, 0.25) is 4.96 Å². The van der Waals surface area contributed by atoms with E-state index in [1.807, 2.05) is 48.5 Å². The summed E-state index contributed by atoms with van der Waals surface area (Å²) in [5.74, 6) is 1.87. The lowest BCUT2D eigenvalue weighted by molar-refractivity contribution is 0.224. The molecule has 0 saturated carbocycles. The van der Waals surface area contributed by atoms with Gasteiger partial charge in [0, 0.05) is 31.3 Å². The summed E-state index contributed by atoms with van der Waals surface area (Å²) in [6.07, 6.45) is 0. The van der Waals surface area contributed by atoms with Gasteiger partial charge in [-0.1, -0.05) is 61.6 Å². The molecule has 0 N–H and O–H groups in total. The zero-order valence-electron chi connectivity index (χ0n) is 19.3. The summed E-state index contributed by atoms with van der Waals surface area (Å²) in [4.78, 5) is 20.4. The molecule has 0 aliphatic carbocycles. The molecule has 0 amide bonds. The second kappa shape index (κ2) is 10.1. The average Bonchev–Trinajstić information content (AvgIpc) is 3.24. The van der Waals surface area contributed by atoms with E-state index in [0.717, 1.165) is 28.4 Å². The number of methoxy groups -OCH3 is 2. The predicted molar refractivity (Wildman–Crippen MR) is 131 cm³/mol. The molecular weight excluding hydrogens is 436 g/mol. The van der Waals surface area contributed by atoms with Crippen LogP contribution in [-0.2, 0) is 13.1 Å². The van der Waals surface area contributed by atoms with Crippen LogP contribution in [0.5, 0.6) is 11.5 Å². The van der Waals surface area contributed by atoms with Crippen LogP contribution in [0.15, 0.2) is 59.4 Å². The molecule has 0 aliphatic heterocycles. The quantitative estimate of drug-likeness (QED) is 0.363. The fourth-order valence-electron chi connectivity index (χ4n) is 3.80. The van der Waals surface area contributed by atoms with Crippen molar-refractivity contribution in [2.45, 2.75) is 26.9 Å². The van der Waals surface area contributed by atoms with E-state index in [1.165, 1.54) is 15.9 Å². The van der Waals surface area contributed by atoms with Crippen molar-refractivity contribution in [1.29, 1.82) is 0 Å². The SMILES string of the molecule is COc1ccc(CN(Cc2cc(=O)n3nc(-c4ccccc4)sc3n2)CC(C)C)cc1OC. The minimum absolute atomic E-state index is 0.163. The molecule has 0 atom stereocenters. The van der Waals surface area contributed by atoms with E-state index < -0.39 is 0 Å². The van der Waals surface area contributed by atoms with E-state index in [2.05, 4.69) is 23.8 Å². The van der Waals surface area contributed by atoms with Crippen molar-refractivity contribution < 1.29 is 9.47 Å². The van der Waals surface area contributed by atoms with Gasteiger partial charge in [-0.3, -0.25) is 9.69 Å². The largest absolute Gasteiger partial charge is 0.493 e. The smallest absolute Gasteiger partial charge is 0.275 e. The summed E-state index contributed by atoms with van der Waals surface area (Å²) < 4.78 is 12.2. The highest BCUT2D eigenvalue weighted by molar-refractivity contribution is 7.19. The monoisotopic (exact) mass is 464 g/mol. The third-order valence-electron chi connectivity index (χ3n) is 5.18. The van der Waals surface area contributed by atoms with Gasteiger partial charge in [-0.15, -0.1) is 0 Å². The molecule has 4 aromatic rings. The van der Waals surface area contributed by atoms with Gasteiger partial charge in [0.15, 0.2) is 11.5 Å². The lowest BCUT2D eigenvalue weighted by atomic mass is 10.1. The van der Waals surface area contributed by atoms with Gasteiger partial charge < -0.3 is 9.47 Å². The Bertz CT molecular complexity index is 1280. The van der Waals surface area contributed by atoms with Crippen LogP contribution in [-0.4, -0.2) is 40.3 Å². The molecule has 0 bridgehead atoms. The molecule has 4 rings (SSSR count). The molecule has 0 radical (unpaired) electrons. The van der Waals surface area contributed by atoms with Crippen LogP contribution in [0.25, 0.3) is 15.5 Å². The Kier molecular flexibility index (Phi) is 7.05. The Morgan fingerprint density at radius 2 is 1.76 bits per heavy atom. The first-order valence-electron chi connectivity index (χ1n) is 10.8. The van der Waals surface area contributed by atoms with Crippen LogP contribution in [0.1, 0.15) is 25.1 Å². The van der Waals surface area contributed by atoms with Crippen LogP contribution in [0.2, 0.25) is 0 Å². The Morgan fingerprint density at radius 3 is 2.45 bits per heavy atom. The fourth-order valence-corrected chi connectivity index (χ4v) is 4.73. The molecule has 0 fully saturated rings. The van der Waals surface area contributed by atoms with Crippen LogP contribution < -0.4 is 15.0 Å². The maximum absolute atomic E-state index is 12.8. The summed E-state index contributed by atoms with van der Waals surface area (Å²) in [7, 11) is 3.27. The van der Waals surface area contributed by atoms with E-state index in [-0.39, 0.29) is 5.56 Å². The first kappa shape index (κ1) is 22.9. The molecule has 0 saturated heterocycles. The maximum Gasteiger partial charge on any atom is 0.275 e. The molecular formula is C25H28N4O3S. The van der Waals surface area contributed by atoms with Crippen LogP contribution in [0, 0.1) is 5.92 Å². The third kappa shape index (κ3) is 5.40. The predicted octanol–water partition coefficient (Wildman–Crippen LogP) is 4.49. The topological polar surface area (TPSA) is 69.0 Å². The molecule has 2 aromatic carbocycles. The van der Waals surface area contributed by atoms with E-state index in [9.17, 15) is 4.79 Å². The van der Waals surface area contributed by atoms with Crippen LogP contribution >= 0.6 is 11.3 Å². The van der Waals surface area contributed by atoms with Crippen molar-refractivity contribution in [3.05, 3.63) is 76.2 Å². The second-order valence-electron chi connectivity index (χ2n) is 8.31. The summed E-state index contributed by atoms with van der Waals surface area (Å²) in [6.45, 7) is 6.51. The fraction of sp³-hybridized carbons (Fsp3) is 0.320. The van der Waals surface area contributed by atoms with Crippen molar-refractivity contribution >= 4 is 16.3 Å². The Labute approximate surface area is 197 Å². The first-order chi connectivity index (χ1) is 16.0. The van der Waals surface area contributed by atoms with Gasteiger partial charge in [-0.05, 0) is 23.6 Å². The third-order valence-corrected chi connectivity index (χ3v) is 6.14. The highest BCUT2D eigenvalue weighted by Gasteiger charge is 2.15. The number of hydrogen-bond donors (Lipinski definition) is 0. The normalized spacial score (nSPS) is 11.5. The lowest BCUT2D eigenvalue weighted by Gasteiger charge is -2.24. The lowest BCUT2D eigenvalue weighted by Crippen LogP contribution is -2.28. The molecule has 0 unspecified atom stereocenters. The highest BCUT2D eigenvalue weighted by atomic mass is 32.1. The van der Waals surface area contributed by atoms with Crippen molar-refractivity contribution in [2.75, 3.05) is 20.8 Å². The average molecular weight is 465 g/mol. The molecule has 7 nitrogen and oxygen atoms in total. The van der Waals surface area contributed by atoms with Crippen molar-refractivity contribution in [2.24, 2.45) is 5.92 Å². The van der Waals surface area contributed by atoms with Gasteiger partial charge >= 0.3 is 0 Å². The molecule has 33 heavy (non-hydrogen) atoms. The number of nitrogens with zero attached hydrogens (tertiary/aromatic N) is 4. The highest BCUT2D eigenvalue weighted by Crippen LogP contribution is 2.28. The van der Waals surface area contributed by atoms with E-state index in [1.54, 1.807) is 20.3 Å². The number of fused-ring (bicyclic) bond motifs is 1. The first-order valence-corrected chi connectivity index (χ1v) is 11.7. The summed E-state index contributed by atoms with van der Waals surface area (Å²) in [5, 5.41) is 5.25. The molecule has 2 heterocycles. The molecule has 8 heteroatoms. The maximum atomic E-state index is 12.8. The van der Waals surface area contributed by atoms with Gasteiger partial charge in [-0.25, -0.2) is 4.98 Å². The molecule has 0 spiro atoms. The standard InChI is InChI=1S/C25H28N4O3S/c1-17(2)14-28(15-18-10-11-21(31-3)22(12-18)32-4)16-20-13-23(30)29-25(26-20)33-24(27-29)19-8-6-5-7-9-19/h5-13,17H,14-16H2,1-4H3. The number of ether oxygens (including phenoxy) is 2. The summed E-state index contributed by atoms with van der Waals surface area (Å²) >= 11 is 1.42. The number of rotatable bonds is 9. The van der Waals surface area contributed by atoms with Gasteiger partial charge in [0.1, 0.15) is 5.01 Å². The van der Waals surface area contributed by atoms with Gasteiger partial charge in [-0.2, -0.15) is 9.61 Å². The van der Waals surface area contributed by atoms with Gasteiger partial charge in [0.25, 0.3) is 5.56 Å². The zero-order chi connectivity index (χ0) is 23.4. The minimum Gasteiger partial charge on any atom is -0.493 e. The number of hydrogen-bond acceptors (Lipinski definition) is 7. The van der Waals surface area contributed by atoms with Crippen LogP contribution in [0.3, 0.4) is 0 Å². The number of benzene rings is 2. The van der Waals surface area contributed by atoms with Crippen molar-refractivity contribution in [3.63, 3.8) is 0 Å². The Morgan fingerprint density at radius 1 is 1.00 bits per heavy atom. The van der Waals surface area contributed by atoms with E-state index in [4.69, 9.17) is 14.5 Å². The van der Waals surface area contributed by atoms with Crippen LogP contribution in [0.4, 0.5) is 0 Å². The Hall–Kier alpha value is -3.23. The van der Waals surface area contributed by atoms with Crippen molar-refractivity contribution in [3.8, 4) is 22.1 Å². The van der Waals surface area contributed by atoms with E-state index in [0.29, 0.717) is 35.5 Å². The van der Waals surface area contributed by atoms with E-state index >= 15 is 0 Å². The summed E-state index contributed by atoms with van der Waals surface area (Å²) in [6, 6.07) is 17.4. The second-order valence-corrected chi connectivity index (χ2v) is 9.26. The van der Waals surface area contributed by atoms with Crippen molar-refractivity contribution in [1.82, 2.24) is 19.5 Å². The summed E-state index contributed by atoms with van der Waals surface area (Å²) in [5.41, 5.74) is 2.66.